The fourth-order valence-electron chi connectivity index (χ4n) is 1.85. The van der Waals surface area contributed by atoms with Gasteiger partial charge in [-0.1, -0.05) is 6.07 Å². The molecule has 1 aromatic rings. The van der Waals surface area contributed by atoms with E-state index in [1.165, 1.54) is 4.90 Å². The summed E-state index contributed by atoms with van der Waals surface area (Å²) in [5.74, 6) is 0.564. The quantitative estimate of drug-likeness (QED) is 0.704. The van der Waals surface area contributed by atoms with Crippen molar-refractivity contribution in [1.82, 2.24) is 4.90 Å². The summed E-state index contributed by atoms with van der Waals surface area (Å²) in [5, 5.41) is 0. The molecular formula is C12H13NO3. The van der Waals surface area contributed by atoms with Gasteiger partial charge in [0.2, 0.25) is 0 Å². The molecule has 0 bridgehead atoms. The Morgan fingerprint density at radius 3 is 2.75 bits per heavy atom. The van der Waals surface area contributed by atoms with Crippen LogP contribution in [0, 0.1) is 0 Å². The van der Waals surface area contributed by atoms with E-state index < -0.39 is 0 Å². The molecule has 1 aliphatic heterocycles. The van der Waals surface area contributed by atoms with Gasteiger partial charge in [0.25, 0.3) is 5.91 Å². The van der Waals surface area contributed by atoms with Crippen LogP contribution in [-0.2, 0) is 11.2 Å². The zero-order chi connectivity index (χ0) is 11.7. The summed E-state index contributed by atoms with van der Waals surface area (Å²) in [5.41, 5.74) is 1.34. The maximum atomic E-state index is 12.0. The van der Waals surface area contributed by atoms with Crippen molar-refractivity contribution in [3.05, 3.63) is 29.3 Å². The zero-order valence-corrected chi connectivity index (χ0v) is 9.32. The molecule has 0 aromatic heterocycles. The molecule has 4 nitrogen and oxygen atoms in total. The smallest absolute Gasteiger partial charge is 0.254 e. The largest absolute Gasteiger partial charge is 0.497 e. The number of carbonyl (C=O) groups excluding carboxylic acids is 2. The molecule has 84 valence electrons. The number of nitrogens with zero attached hydrogens (tertiary/aromatic N) is 1. The summed E-state index contributed by atoms with van der Waals surface area (Å²) < 4.78 is 5.08. The molecule has 1 aromatic carbocycles. The highest BCUT2D eigenvalue weighted by molar-refractivity contribution is 6.01. The molecule has 1 heterocycles. The van der Waals surface area contributed by atoms with E-state index in [2.05, 4.69) is 0 Å². The Bertz CT molecular complexity index is 454. The van der Waals surface area contributed by atoms with E-state index in [1.807, 2.05) is 0 Å². The first-order valence-corrected chi connectivity index (χ1v) is 5.06. The van der Waals surface area contributed by atoms with E-state index >= 15 is 0 Å². The Kier molecular flexibility index (Phi) is 2.64. The highest BCUT2D eigenvalue weighted by atomic mass is 16.5. The number of amides is 1. The Morgan fingerprint density at radius 1 is 1.31 bits per heavy atom. The summed E-state index contributed by atoms with van der Waals surface area (Å²) in [4.78, 5) is 24.9. The predicted octanol–water partition coefficient (Wildman–Crippen LogP) is 0.892. The van der Waals surface area contributed by atoms with Gasteiger partial charge >= 0.3 is 0 Å². The SMILES string of the molecule is COc1ccc2c(c1)C(=O)N(C)CC(=O)C2. The predicted molar refractivity (Wildman–Crippen MR) is 58.7 cm³/mol. The van der Waals surface area contributed by atoms with E-state index in [1.54, 1.807) is 32.4 Å². The number of methoxy groups -OCH3 is 1. The fourth-order valence-corrected chi connectivity index (χ4v) is 1.85. The van der Waals surface area contributed by atoms with Crippen LogP contribution in [0.15, 0.2) is 18.2 Å². The first-order valence-electron chi connectivity index (χ1n) is 5.06. The standard InChI is InChI=1S/C12H13NO3/c1-13-7-9(14)5-8-3-4-10(16-2)6-11(8)12(13)15/h3-4,6H,5,7H2,1-2H3. The van der Waals surface area contributed by atoms with Gasteiger partial charge in [-0.15, -0.1) is 0 Å². The molecule has 0 N–H and O–H groups in total. The van der Waals surface area contributed by atoms with E-state index in [-0.39, 0.29) is 18.2 Å². The molecule has 0 atom stereocenters. The number of likely N-dealkylation sites (N-methyl/N-ethyl adjacent to an activating group) is 1. The molecule has 2 rings (SSSR count). The lowest BCUT2D eigenvalue weighted by Gasteiger charge is -2.13. The van der Waals surface area contributed by atoms with Crippen LogP contribution >= 0.6 is 0 Å². The van der Waals surface area contributed by atoms with Crippen LogP contribution in [0.25, 0.3) is 0 Å². The molecule has 0 radical (unpaired) electrons. The number of benzene rings is 1. The summed E-state index contributed by atoms with van der Waals surface area (Å²) in [7, 11) is 3.19. The molecule has 0 fully saturated rings. The third-order valence-corrected chi connectivity index (χ3v) is 2.70. The lowest BCUT2D eigenvalue weighted by atomic mass is 10.0. The average molecular weight is 219 g/mol. The Morgan fingerprint density at radius 2 is 2.06 bits per heavy atom. The van der Waals surface area contributed by atoms with Crippen LogP contribution in [0.5, 0.6) is 5.75 Å². The van der Waals surface area contributed by atoms with Crippen molar-refractivity contribution in [2.45, 2.75) is 6.42 Å². The van der Waals surface area contributed by atoms with Gasteiger partial charge in [-0.05, 0) is 17.7 Å². The fraction of sp³-hybridized carbons (Fsp3) is 0.333. The lowest BCUT2D eigenvalue weighted by molar-refractivity contribution is -0.118. The van der Waals surface area contributed by atoms with Crippen molar-refractivity contribution in [3.63, 3.8) is 0 Å². The number of hydrogen-bond donors (Lipinski definition) is 0. The number of Topliss-reactive ketones (excluding diaryl/α,β-unsaturated/α-hetero) is 1. The molecular weight excluding hydrogens is 206 g/mol. The van der Waals surface area contributed by atoms with Gasteiger partial charge in [0.15, 0.2) is 5.78 Å². The molecule has 4 heteroatoms. The molecule has 16 heavy (non-hydrogen) atoms. The Hall–Kier alpha value is -1.84. The van der Waals surface area contributed by atoms with E-state index in [0.717, 1.165) is 5.56 Å². The minimum Gasteiger partial charge on any atom is -0.497 e. The van der Waals surface area contributed by atoms with Gasteiger partial charge < -0.3 is 9.64 Å². The topological polar surface area (TPSA) is 46.6 Å². The second-order valence-corrected chi connectivity index (χ2v) is 3.90. The van der Waals surface area contributed by atoms with Crippen LogP contribution in [0.1, 0.15) is 15.9 Å². The average Bonchev–Trinajstić information content (AvgIpc) is 2.37. The summed E-state index contributed by atoms with van der Waals surface area (Å²) in [6, 6.07) is 5.24. The Labute approximate surface area is 93.8 Å². The minimum atomic E-state index is -0.125. The highest BCUT2D eigenvalue weighted by Crippen LogP contribution is 2.21. The third kappa shape index (κ3) is 1.78. The van der Waals surface area contributed by atoms with Gasteiger partial charge in [-0.3, -0.25) is 9.59 Å². The van der Waals surface area contributed by atoms with Gasteiger partial charge in [0.05, 0.1) is 13.7 Å². The maximum absolute atomic E-state index is 12.0. The number of carbonyl (C=O) groups is 2. The van der Waals surface area contributed by atoms with E-state index in [0.29, 0.717) is 17.7 Å². The first-order chi connectivity index (χ1) is 7.61. The summed E-state index contributed by atoms with van der Waals surface area (Å²) in [6.07, 6.45) is 0.315. The van der Waals surface area contributed by atoms with E-state index in [9.17, 15) is 9.59 Å². The van der Waals surface area contributed by atoms with Gasteiger partial charge in [0.1, 0.15) is 5.75 Å². The molecule has 0 saturated heterocycles. The number of ketones is 1. The second-order valence-electron chi connectivity index (χ2n) is 3.90. The van der Waals surface area contributed by atoms with Crippen molar-refractivity contribution in [1.29, 1.82) is 0 Å². The van der Waals surface area contributed by atoms with Gasteiger partial charge in [-0.2, -0.15) is 0 Å². The van der Waals surface area contributed by atoms with Crippen LogP contribution in [0.2, 0.25) is 0 Å². The number of rotatable bonds is 1. The normalized spacial score (nSPS) is 15.8. The van der Waals surface area contributed by atoms with Crippen LogP contribution in [-0.4, -0.2) is 37.3 Å². The molecule has 0 unspecified atom stereocenters. The van der Waals surface area contributed by atoms with Crippen LogP contribution in [0.3, 0.4) is 0 Å². The van der Waals surface area contributed by atoms with Crippen LogP contribution < -0.4 is 4.74 Å². The van der Waals surface area contributed by atoms with E-state index in [4.69, 9.17) is 4.74 Å². The van der Waals surface area contributed by atoms with Crippen LogP contribution in [0.4, 0.5) is 0 Å². The molecule has 1 amide bonds. The molecule has 0 saturated carbocycles. The second kappa shape index (κ2) is 3.96. The van der Waals surface area contributed by atoms with Crippen molar-refractivity contribution in [3.8, 4) is 5.75 Å². The summed E-state index contributed by atoms with van der Waals surface area (Å²) >= 11 is 0. The Balaban J connectivity index is 2.51. The highest BCUT2D eigenvalue weighted by Gasteiger charge is 2.24. The third-order valence-electron chi connectivity index (χ3n) is 2.70. The van der Waals surface area contributed by atoms with Gasteiger partial charge in [0, 0.05) is 19.0 Å². The zero-order valence-electron chi connectivity index (χ0n) is 9.32. The van der Waals surface area contributed by atoms with Gasteiger partial charge in [-0.25, -0.2) is 0 Å². The lowest BCUT2D eigenvalue weighted by Crippen LogP contribution is -2.29. The molecule has 0 spiro atoms. The number of ether oxygens (including phenoxy) is 1. The summed E-state index contributed by atoms with van der Waals surface area (Å²) in [6.45, 7) is 0.176. The minimum absolute atomic E-state index is 0.0553. The number of fused-ring (bicyclic) bond motifs is 1. The van der Waals surface area contributed by atoms with Crippen molar-refractivity contribution < 1.29 is 14.3 Å². The van der Waals surface area contributed by atoms with Crippen molar-refractivity contribution in [2.24, 2.45) is 0 Å². The molecule has 1 aliphatic rings. The first kappa shape index (κ1) is 10.7. The van der Waals surface area contributed by atoms with Crippen molar-refractivity contribution in [2.75, 3.05) is 20.7 Å². The number of hydrogen-bond acceptors (Lipinski definition) is 3. The molecule has 0 aliphatic carbocycles. The monoisotopic (exact) mass is 219 g/mol. The van der Waals surface area contributed by atoms with Crippen molar-refractivity contribution >= 4 is 11.7 Å². The maximum Gasteiger partial charge on any atom is 0.254 e.